The number of hydrogen-bond donors (Lipinski definition) is 1. The van der Waals surface area contributed by atoms with Crippen LogP contribution in [-0.4, -0.2) is 25.7 Å². The molecule has 1 aliphatic heterocycles. The Balaban J connectivity index is 2.31. The van der Waals surface area contributed by atoms with E-state index in [9.17, 15) is 4.79 Å². The van der Waals surface area contributed by atoms with Crippen LogP contribution in [-0.2, 0) is 9.53 Å². The van der Waals surface area contributed by atoms with Crippen molar-refractivity contribution in [3.8, 4) is 6.07 Å². The molecule has 14 heavy (non-hydrogen) atoms. The Hall–Kier alpha value is -1.08. The zero-order chi connectivity index (χ0) is 10.4. The van der Waals surface area contributed by atoms with Gasteiger partial charge in [-0.05, 0) is 12.3 Å². The third-order valence-electron chi connectivity index (χ3n) is 2.51. The second-order valence-electron chi connectivity index (χ2n) is 3.65. The number of nitrogens with one attached hydrogen (secondary N) is 1. The number of carbonyl (C=O) groups is 1. The van der Waals surface area contributed by atoms with Crippen LogP contribution in [0.1, 0.15) is 19.8 Å². The van der Waals surface area contributed by atoms with Crippen molar-refractivity contribution in [3.05, 3.63) is 0 Å². The van der Waals surface area contributed by atoms with Crippen molar-refractivity contribution >= 4 is 5.91 Å². The van der Waals surface area contributed by atoms with E-state index in [-0.39, 0.29) is 17.7 Å². The van der Waals surface area contributed by atoms with Gasteiger partial charge >= 0.3 is 0 Å². The van der Waals surface area contributed by atoms with Crippen molar-refractivity contribution in [2.75, 3.05) is 19.8 Å². The lowest BCUT2D eigenvalue weighted by atomic mass is 9.89. The van der Waals surface area contributed by atoms with Gasteiger partial charge in [0, 0.05) is 25.7 Å². The monoisotopic (exact) mass is 196 g/mol. The maximum Gasteiger partial charge on any atom is 0.223 e. The van der Waals surface area contributed by atoms with Crippen molar-refractivity contribution in [1.29, 1.82) is 5.26 Å². The largest absolute Gasteiger partial charge is 0.381 e. The van der Waals surface area contributed by atoms with Gasteiger partial charge in [0.2, 0.25) is 5.91 Å². The molecule has 78 valence electrons. The number of hydrogen-bond acceptors (Lipinski definition) is 3. The molecule has 1 aliphatic rings. The van der Waals surface area contributed by atoms with Gasteiger partial charge in [-0.15, -0.1) is 0 Å². The van der Waals surface area contributed by atoms with Gasteiger partial charge in [-0.3, -0.25) is 4.79 Å². The van der Waals surface area contributed by atoms with Gasteiger partial charge in [-0.25, -0.2) is 0 Å². The highest BCUT2D eigenvalue weighted by atomic mass is 16.5. The van der Waals surface area contributed by atoms with E-state index < -0.39 is 0 Å². The molecule has 0 saturated carbocycles. The highest BCUT2D eigenvalue weighted by molar-refractivity contribution is 5.79. The van der Waals surface area contributed by atoms with Gasteiger partial charge in [0.25, 0.3) is 0 Å². The number of amides is 1. The number of ether oxygens (including phenoxy) is 1. The quantitative estimate of drug-likeness (QED) is 0.675. The minimum absolute atomic E-state index is 0.0578. The van der Waals surface area contributed by atoms with Crippen LogP contribution >= 0.6 is 0 Å². The molecule has 0 spiro atoms. The lowest BCUT2D eigenvalue weighted by molar-refractivity contribution is -0.130. The number of rotatable bonds is 3. The smallest absolute Gasteiger partial charge is 0.223 e. The van der Waals surface area contributed by atoms with Crippen LogP contribution in [0.4, 0.5) is 0 Å². The molecule has 1 heterocycles. The molecule has 1 rings (SSSR count). The van der Waals surface area contributed by atoms with E-state index in [0.29, 0.717) is 26.2 Å². The van der Waals surface area contributed by atoms with Crippen LogP contribution in [0.2, 0.25) is 0 Å². The predicted molar refractivity (Wildman–Crippen MR) is 51.3 cm³/mol. The molecule has 0 radical (unpaired) electrons. The van der Waals surface area contributed by atoms with E-state index in [1.54, 1.807) is 0 Å². The molecular formula is C10H16N2O2. The van der Waals surface area contributed by atoms with Crippen LogP contribution in [0.25, 0.3) is 0 Å². The summed E-state index contributed by atoms with van der Waals surface area (Å²) in [6, 6.07) is 2.00. The van der Waals surface area contributed by atoms with Gasteiger partial charge in [-0.1, -0.05) is 6.92 Å². The van der Waals surface area contributed by atoms with Crippen molar-refractivity contribution in [1.82, 2.24) is 5.32 Å². The minimum Gasteiger partial charge on any atom is -0.381 e. The van der Waals surface area contributed by atoms with Crippen molar-refractivity contribution in [2.24, 2.45) is 11.8 Å². The van der Waals surface area contributed by atoms with E-state index >= 15 is 0 Å². The Morgan fingerprint density at radius 3 is 3.14 bits per heavy atom. The van der Waals surface area contributed by atoms with Crippen LogP contribution in [0, 0.1) is 23.2 Å². The molecule has 0 bridgehead atoms. The molecule has 0 aromatic carbocycles. The summed E-state index contributed by atoms with van der Waals surface area (Å²) in [5, 5.41) is 11.1. The lowest BCUT2D eigenvalue weighted by Gasteiger charge is -2.27. The Bertz CT molecular complexity index is 235. The molecule has 0 aromatic rings. The fourth-order valence-corrected chi connectivity index (χ4v) is 1.64. The molecule has 2 atom stereocenters. The Morgan fingerprint density at radius 2 is 2.50 bits per heavy atom. The molecular weight excluding hydrogens is 180 g/mol. The highest BCUT2D eigenvalue weighted by Gasteiger charge is 2.27. The summed E-state index contributed by atoms with van der Waals surface area (Å²) < 4.78 is 5.26. The second kappa shape index (κ2) is 5.61. The fraction of sp³-hybridized carbons (Fsp3) is 0.800. The maximum atomic E-state index is 11.6. The third kappa shape index (κ3) is 3.00. The fourth-order valence-electron chi connectivity index (χ4n) is 1.64. The topological polar surface area (TPSA) is 62.1 Å². The summed E-state index contributed by atoms with van der Waals surface area (Å²) in [6.07, 6.45) is 1.17. The van der Waals surface area contributed by atoms with Gasteiger partial charge in [-0.2, -0.15) is 5.26 Å². The van der Waals surface area contributed by atoms with Gasteiger partial charge in [0.1, 0.15) is 0 Å². The predicted octanol–water partition coefficient (Wildman–Crippen LogP) is 0.689. The first-order valence-corrected chi connectivity index (χ1v) is 4.98. The van der Waals surface area contributed by atoms with Gasteiger partial charge in [0.15, 0.2) is 0 Å². The molecule has 0 aromatic heterocycles. The summed E-state index contributed by atoms with van der Waals surface area (Å²) in [5.41, 5.74) is 0. The van der Waals surface area contributed by atoms with Crippen LogP contribution in [0.15, 0.2) is 0 Å². The van der Waals surface area contributed by atoms with E-state index in [0.717, 1.165) is 6.42 Å². The first-order chi connectivity index (χ1) is 6.75. The first kappa shape index (κ1) is 11.0. The Kier molecular flexibility index (Phi) is 4.41. The Labute approximate surface area is 84.2 Å². The number of nitrogens with zero attached hydrogens (tertiary/aromatic N) is 1. The number of carbonyl (C=O) groups excluding carboxylic acids is 1. The molecule has 2 unspecified atom stereocenters. The van der Waals surface area contributed by atoms with Crippen molar-refractivity contribution < 1.29 is 9.53 Å². The molecule has 4 heteroatoms. The summed E-state index contributed by atoms with van der Waals surface area (Å²) in [7, 11) is 0. The Morgan fingerprint density at radius 1 is 1.71 bits per heavy atom. The van der Waals surface area contributed by atoms with Crippen LogP contribution in [0.5, 0.6) is 0 Å². The molecule has 4 nitrogen and oxygen atoms in total. The average Bonchev–Trinajstić information content (AvgIpc) is 2.18. The number of nitriles is 1. The summed E-state index contributed by atoms with van der Waals surface area (Å²) in [4.78, 5) is 11.6. The lowest BCUT2D eigenvalue weighted by Crippen LogP contribution is -2.39. The zero-order valence-electron chi connectivity index (χ0n) is 8.45. The van der Waals surface area contributed by atoms with Gasteiger partial charge < -0.3 is 10.1 Å². The van der Waals surface area contributed by atoms with E-state index in [1.807, 2.05) is 13.0 Å². The molecule has 1 N–H and O–H groups in total. The molecule has 1 saturated heterocycles. The first-order valence-electron chi connectivity index (χ1n) is 4.98. The zero-order valence-corrected chi connectivity index (χ0v) is 8.45. The highest BCUT2D eigenvalue weighted by Crippen LogP contribution is 2.21. The van der Waals surface area contributed by atoms with E-state index in [4.69, 9.17) is 10.00 Å². The van der Waals surface area contributed by atoms with Crippen LogP contribution < -0.4 is 5.32 Å². The SMILES string of the molecule is CC1COCCC1C(=O)NCCC#N. The normalized spacial score (nSPS) is 26.6. The summed E-state index contributed by atoms with van der Waals surface area (Å²) >= 11 is 0. The van der Waals surface area contributed by atoms with Crippen molar-refractivity contribution in [3.63, 3.8) is 0 Å². The summed E-state index contributed by atoms with van der Waals surface area (Å²) in [6.45, 7) is 3.81. The molecule has 1 amide bonds. The summed E-state index contributed by atoms with van der Waals surface area (Å²) in [5.74, 6) is 0.407. The van der Waals surface area contributed by atoms with E-state index in [2.05, 4.69) is 5.32 Å². The maximum absolute atomic E-state index is 11.6. The van der Waals surface area contributed by atoms with Gasteiger partial charge in [0.05, 0.1) is 12.5 Å². The average molecular weight is 196 g/mol. The standard InChI is InChI=1S/C10H16N2O2/c1-8-7-14-6-3-9(8)10(13)12-5-2-4-11/h8-9H,2-3,5-7H2,1H3,(H,12,13). The minimum atomic E-state index is 0.0578. The van der Waals surface area contributed by atoms with E-state index in [1.165, 1.54) is 0 Å². The molecule has 1 fully saturated rings. The second-order valence-corrected chi connectivity index (χ2v) is 3.65. The molecule has 0 aliphatic carbocycles. The van der Waals surface area contributed by atoms with Crippen molar-refractivity contribution in [2.45, 2.75) is 19.8 Å². The third-order valence-corrected chi connectivity index (χ3v) is 2.51. The van der Waals surface area contributed by atoms with Crippen LogP contribution in [0.3, 0.4) is 0 Å².